The molecule has 26 heavy (non-hydrogen) atoms. The highest BCUT2D eigenvalue weighted by atomic mass is 32.2. The van der Waals surface area contributed by atoms with Gasteiger partial charge in [0.2, 0.25) is 11.0 Å². The number of benzene rings is 2. The van der Waals surface area contributed by atoms with Gasteiger partial charge in [0.1, 0.15) is 5.52 Å². The van der Waals surface area contributed by atoms with Gasteiger partial charge in [-0.3, -0.25) is 0 Å². The Labute approximate surface area is 151 Å². The summed E-state index contributed by atoms with van der Waals surface area (Å²) in [5, 5.41) is 24.5. The molecule has 0 unspecified atom stereocenters. The van der Waals surface area contributed by atoms with E-state index >= 15 is 0 Å². The van der Waals surface area contributed by atoms with E-state index in [1.54, 1.807) is 0 Å². The first-order valence-electron chi connectivity index (χ1n) is 7.94. The number of aromatic nitrogens is 8. The summed E-state index contributed by atoms with van der Waals surface area (Å²) in [6, 6.07) is 15.9. The van der Waals surface area contributed by atoms with Gasteiger partial charge in [-0.25, -0.2) is 4.98 Å². The Hall–Kier alpha value is -3.33. The Morgan fingerprint density at radius 2 is 1.81 bits per heavy atom. The lowest BCUT2D eigenvalue weighted by Crippen LogP contribution is -1.94. The van der Waals surface area contributed by atoms with Crippen LogP contribution in [0.2, 0.25) is 0 Å². The maximum Gasteiger partial charge on any atom is 0.211 e. The SMILES string of the molecule is c1ccc(-c2nn[nH]n2)c(CSc2nnc3c(n2)[nH]c2ccccc23)c1. The second kappa shape index (κ2) is 6.19. The topological polar surface area (TPSA) is 109 Å². The van der Waals surface area contributed by atoms with Gasteiger partial charge in [0.05, 0.1) is 0 Å². The van der Waals surface area contributed by atoms with Crippen LogP contribution in [0.15, 0.2) is 53.7 Å². The predicted octanol–water partition coefficient (Wildman–Crippen LogP) is 2.98. The van der Waals surface area contributed by atoms with E-state index in [-0.39, 0.29) is 0 Å². The van der Waals surface area contributed by atoms with Crippen molar-refractivity contribution in [2.75, 3.05) is 0 Å². The molecule has 5 rings (SSSR count). The fourth-order valence-corrected chi connectivity index (χ4v) is 3.64. The van der Waals surface area contributed by atoms with Crippen molar-refractivity contribution < 1.29 is 0 Å². The zero-order valence-corrected chi connectivity index (χ0v) is 14.2. The molecule has 0 bridgehead atoms. The van der Waals surface area contributed by atoms with Gasteiger partial charge in [0, 0.05) is 22.2 Å². The summed E-state index contributed by atoms with van der Waals surface area (Å²) in [4.78, 5) is 7.89. The van der Waals surface area contributed by atoms with Gasteiger partial charge in [0.25, 0.3) is 0 Å². The smallest absolute Gasteiger partial charge is 0.211 e. The fourth-order valence-electron chi connectivity index (χ4n) is 2.85. The molecule has 0 saturated carbocycles. The zero-order valence-electron chi connectivity index (χ0n) is 13.4. The number of aromatic amines is 2. The summed E-state index contributed by atoms with van der Waals surface area (Å²) >= 11 is 1.52. The molecule has 0 aliphatic rings. The van der Waals surface area contributed by atoms with E-state index in [0.29, 0.717) is 16.7 Å². The molecule has 0 aliphatic heterocycles. The lowest BCUT2D eigenvalue weighted by atomic mass is 10.1. The molecular formula is C17H12N8S. The van der Waals surface area contributed by atoms with Gasteiger partial charge in [-0.2, -0.15) is 5.21 Å². The number of fused-ring (bicyclic) bond motifs is 3. The predicted molar refractivity (Wildman–Crippen MR) is 98.4 cm³/mol. The van der Waals surface area contributed by atoms with E-state index in [0.717, 1.165) is 33.2 Å². The Bertz CT molecular complexity index is 1200. The molecule has 2 N–H and O–H groups in total. The van der Waals surface area contributed by atoms with Gasteiger partial charge in [-0.05, 0) is 16.8 Å². The number of rotatable bonds is 4. The number of hydrogen-bond acceptors (Lipinski definition) is 7. The van der Waals surface area contributed by atoms with Gasteiger partial charge < -0.3 is 4.98 Å². The molecule has 3 heterocycles. The third-order valence-corrected chi connectivity index (χ3v) is 4.95. The van der Waals surface area contributed by atoms with E-state index in [9.17, 15) is 0 Å². The summed E-state index contributed by atoms with van der Waals surface area (Å²) in [6.07, 6.45) is 0. The third-order valence-electron chi connectivity index (χ3n) is 4.06. The lowest BCUT2D eigenvalue weighted by molar-refractivity contribution is 0.878. The average molecular weight is 360 g/mol. The first-order valence-corrected chi connectivity index (χ1v) is 8.93. The molecule has 9 heteroatoms. The molecule has 5 aromatic rings. The molecular weight excluding hydrogens is 348 g/mol. The number of hydrogen-bond donors (Lipinski definition) is 2. The van der Waals surface area contributed by atoms with Crippen molar-refractivity contribution in [3.63, 3.8) is 0 Å². The van der Waals surface area contributed by atoms with Crippen molar-refractivity contribution in [1.29, 1.82) is 0 Å². The maximum absolute atomic E-state index is 4.60. The Morgan fingerprint density at radius 3 is 2.73 bits per heavy atom. The first kappa shape index (κ1) is 15.0. The van der Waals surface area contributed by atoms with Crippen molar-refractivity contribution in [3.05, 3.63) is 54.1 Å². The second-order valence-corrected chi connectivity index (χ2v) is 6.59. The molecule has 126 valence electrons. The fraction of sp³-hybridized carbons (Fsp3) is 0.0588. The molecule has 0 aliphatic carbocycles. The quantitative estimate of drug-likeness (QED) is 0.474. The monoisotopic (exact) mass is 360 g/mol. The van der Waals surface area contributed by atoms with E-state index in [4.69, 9.17) is 0 Å². The van der Waals surface area contributed by atoms with Crippen LogP contribution < -0.4 is 0 Å². The third kappa shape index (κ3) is 2.58. The molecule has 0 spiro atoms. The normalized spacial score (nSPS) is 11.4. The van der Waals surface area contributed by atoms with Crippen molar-refractivity contribution >= 4 is 33.8 Å². The Balaban J connectivity index is 1.45. The average Bonchev–Trinajstić information content (AvgIpc) is 3.34. The molecule has 0 amide bonds. The van der Waals surface area contributed by atoms with Crippen molar-refractivity contribution in [2.45, 2.75) is 10.9 Å². The minimum absolute atomic E-state index is 0.575. The summed E-state index contributed by atoms with van der Waals surface area (Å²) in [6.45, 7) is 0. The van der Waals surface area contributed by atoms with Crippen LogP contribution in [0.1, 0.15) is 5.56 Å². The van der Waals surface area contributed by atoms with E-state index < -0.39 is 0 Å². The molecule has 3 aromatic heterocycles. The van der Waals surface area contributed by atoms with Crippen LogP contribution in [-0.4, -0.2) is 40.8 Å². The summed E-state index contributed by atoms with van der Waals surface area (Å²) < 4.78 is 0. The van der Waals surface area contributed by atoms with Crippen molar-refractivity contribution in [1.82, 2.24) is 40.8 Å². The van der Waals surface area contributed by atoms with Gasteiger partial charge in [-0.15, -0.1) is 20.4 Å². The highest BCUT2D eigenvalue weighted by Gasteiger charge is 2.12. The van der Waals surface area contributed by atoms with E-state index in [1.807, 2.05) is 48.5 Å². The minimum Gasteiger partial charge on any atom is -0.338 e. The molecule has 0 fully saturated rings. The molecule has 0 atom stereocenters. The molecule has 0 radical (unpaired) electrons. The highest BCUT2D eigenvalue weighted by Crippen LogP contribution is 2.27. The van der Waals surface area contributed by atoms with Crippen LogP contribution in [0.25, 0.3) is 33.5 Å². The van der Waals surface area contributed by atoms with Crippen molar-refractivity contribution in [3.8, 4) is 11.4 Å². The number of H-pyrrole nitrogens is 2. The second-order valence-electron chi connectivity index (χ2n) is 5.64. The number of nitrogens with one attached hydrogen (secondary N) is 2. The van der Waals surface area contributed by atoms with Crippen LogP contribution in [0.5, 0.6) is 0 Å². The number of nitrogens with zero attached hydrogens (tertiary/aromatic N) is 6. The Kier molecular flexibility index (Phi) is 3.56. The van der Waals surface area contributed by atoms with Crippen LogP contribution >= 0.6 is 11.8 Å². The zero-order chi connectivity index (χ0) is 17.3. The van der Waals surface area contributed by atoms with Crippen molar-refractivity contribution in [2.24, 2.45) is 0 Å². The summed E-state index contributed by atoms with van der Waals surface area (Å²) in [7, 11) is 0. The lowest BCUT2D eigenvalue weighted by Gasteiger charge is -2.05. The maximum atomic E-state index is 4.60. The number of thioether (sulfide) groups is 1. The molecule has 2 aromatic carbocycles. The van der Waals surface area contributed by atoms with Gasteiger partial charge in [0.15, 0.2) is 5.65 Å². The van der Waals surface area contributed by atoms with Crippen LogP contribution in [-0.2, 0) is 5.75 Å². The highest BCUT2D eigenvalue weighted by molar-refractivity contribution is 7.98. The standard InChI is InChI=1S/C17H12N8S/c1-2-6-11(15-21-24-25-22-15)10(5-1)9-26-17-19-16-14(20-23-17)12-7-3-4-8-13(12)18-16/h1-8H,9H2,(H,18,19,23)(H,21,22,24,25). The number of tetrazole rings is 1. The molecule has 0 saturated heterocycles. The largest absolute Gasteiger partial charge is 0.338 e. The van der Waals surface area contributed by atoms with Crippen LogP contribution in [0.3, 0.4) is 0 Å². The first-order chi connectivity index (χ1) is 12.9. The van der Waals surface area contributed by atoms with Crippen LogP contribution in [0.4, 0.5) is 0 Å². The minimum atomic E-state index is 0.575. The molecule has 8 nitrogen and oxygen atoms in total. The van der Waals surface area contributed by atoms with Gasteiger partial charge >= 0.3 is 0 Å². The van der Waals surface area contributed by atoms with Gasteiger partial charge in [-0.1, -0.05) is 54.2 Å². The summed E-state index contributed by atoms with van der Waals surface area (Å²) in [5.41, 5.74) is 4.56. The van der Waals surface area contributed by atoms with Crippen LogP contribution in [0, 0.1) is 0 Å². The number of para-hydroxylation sites is 1. The van der Waals surface area contributed by atoms with E-state index in [2.05, 4.69) is 40.8 Å². The van der Waals surface area contributed by atoms with E-state index in [1.165, 1.54) is 11.8 Å². The Morgan fingerprint density at radius 1 is 0.923 bits per heavy atom. The summed E-state index contributed by atoms with van der Waals surface area (Å²) in [5.74, 6) is 1.25.